The normalized spacial score (nSPS) is 22.7. The van der Waals surface area contributed by atoms with E-state index in [1.807, 2.05) is 12.1 Å². The standard InChI is InChI=1S/C17H25ClO2/c1-17(2)9-8-15(20-17)11-13(12-18)10-14-6-4-5-7-16(14)19-3/h4-7,13,15H,8-12H2,1-3H3. The van der Waals surface area contributed by atoms with Gasteiger partial charge in [0.25, 0.3) is 0 Å². The Hall–Kier alpha value is -0.730. The fourth-order valence-electron chi connectivity index (χ4n) is 3.00. The number of hydrogen-bond donors (Lipinski definition) is 0. The molecule has 1 fully saturated rings. The Morgan fingerprint density at radius 2 is 2.15 bits per heavy atom. The van der Waals surface area contributed by atoms with Gasteiger partial charge in [0, 0.05) is 5.88 Å². The smallest absolute Gasteiger partial charge is 0.122 e. The highest BCUT2D eigenvalue weighted by Crippen LogP contribution is 2.34. The Bertz CT molecular complexity index is 431. The van der Waals surface area contributed by atoms with Crippen molar-refractivity contribution in [1.82, 2.24) is 0 Å². The summed E-state index contributed by atoms with van der Waals surface area (Å²) in [5.41, 5.74) is 1.27. The van der Waals surface area contributed by atoms with Crippen molar-refractivity contribution in [2.75, 3.05) is 13.0 Å². The molecule has 0 aromatic heterocycles. The first-order chi connectivity index (χ1) is 9.54. The van der Waals surface area contributed by atoms with E-state index in [1.54, 1.807) is 7.11 Å². The molecule has 0 bridgehead atoms. The average molecular weight is 297 g/mol. The van der Waals surface area contributed by atoms with E-state index >= 15 is 0 Å². The molecule has 112 valence electrons. The number of ether oxygens (including phenoxy) is 2. The van der Waals surface area contributed by atoms with E-state index in [4.69, 9.17) is 21.1 Å². The lowest BCUT2D eigenvalue weighted by molar-refractivity contribution is -0.0234. The summed E-state index contributed by atoms with van der Waals surface area (Å²) in [6.45, 7) is 4.34. The lowest BCUT2D eigenvalue weighted by atomic mass is 9.93. The van der Waals surface area contributed by atoms with Crippen LogP contribution in [0.15, 0.2) is 24.3 Å². The third-order valence-electron chi connectivity index (χ3n) is 4.07. The summed E-state index contributed by atoms with van der Waals surface area (Å²) in [5.74, 6) is 2.06. The molecular weight excluding hydrogens is 272 g/mol. The molecule has 2 atom stereocenters. The molecular formula is C17H25ClO2. The Labute approximate surface area is 127 Å². The molecule has 3 heteroatoms. The van der Waals surface area contributed by atoms with Crippen LogP contribution in [0.25, 0.3) is 0 Å². The Balaban J connectivity index is 1.95. The Morgan fingerprint density at radius 1 is 1.40 bits per heavy atom. The van der Waals surface area contributed by atoms with Gasteiger partial charge in [-0.2, -0.15) is 0 Å². The van der Waals surface area contributed by atoms with Crippen molar-refractivity contribution in [2.24, 2.45) is 5.92 Å². The number of halogens is 1. The maximum absolute atomic E-state index is 6.17. The van der Waals surface area contributed by atoms with E-state index in [0.29, 0.717) is 17.9 Å². The highest BCUT2D eigenvalue weighted by molar-refractivity contribution is 6.18. The van der Waals surface area contributed by atoms with Gasteiger partial charge in [0.1, 0.15) is 5.75 Å². The minimum Gasteiger partial charge on any atom is -0.496 e. The second-order valence-corrected chi connectivity index (χ2v) is 6.62. The summed E-state index contributed by atoms with van der Waals surface area (Å²) >= 11 is 6.17. The first-order valence-electron chi connectivity index (χ1n) is 7.40. The summed E-state index contributed by atoms with van der Waals surface area (Å²) in [5, 5.41) is 0. The van der Waals surface area contributed by atoms with Gasteiger partial charge in [0.2, 0.25) is 0 Å². The summed E-state index contributed by atoms with van der Waals surface area (Å²) in [6.07, 6.45) is 4.62. The SMILES string of the molecule is COc1ccccc1CC(CCl)CC1CCC(C)(C)O1. The molecule has 2 rings (SSSR count). The van der Waals surface area contributed by atoms with Crippen molar-refractivity contribution >= 4 is 11.6 Å². The van der Waals surface area contributed by atoms with Crippen LogP contribution in [0.1, 0.15) is 38.7 Å². The van der Waals surface area contributed by atoms with Gasteiger partial charge in [0.05, 0.1) is 18.8 Å². The van der Waals surface area contributed by atoms with E-state index in [2.05, 4.69) is 26.0 Å². The summed E-state index contributed by atoms with van der Waals surface area (Å²) in [7, 11) is 1.72. The van der Waals surface area contributed by atoms with E-state index < -0.39 is 0 Å². The topological polar surface area (TPSA) is 18.5 Å². The molecule has 0 saturated carbocycles. The zero-order chi connectivity index (χ0) is 14.6. The number of rotatable bonds is 6. The molecule has 0 aliphatic carbocycles. The van der Waals surface area contributed by atoms with E-state index in [9.17, 15) is 0 Å². The molecule has 1 aliphatic rings. The summed E-state index contributed by atoms with van der Waals surface area (Å²) in [6, 6.07) is 8.19. The number of alkyl halides is 1. The second kappa shape index (κ2) is 6.82. The number of benzene rings is 1. The molecule has 1 heterocycles. The maximum Gasteiger partial charge on any atom is 0.122 e. The largest absolute Gasteiger partial charge is 0.496 e. The Morgan fingerprint density at radius 3 is 2.75 bits per heavy atom. The molecule has 0 N–H and O–H groups in total. The first-order valence-corrected chi connectivity index (χ1v) is 7.93. The van der Waals surface area contributed by atoms with Gasteiger partial charge < -0.3 is 9.47 Å². The van der Waals surface area contributed by atoms with Crippen LogP contribution < -0.4 is 4.74 Å². The van der Waals surface area contributed by atoms with Crippen LogP contribution in [0.2, 0.25) is 0 Å². The van der Waals surface area contributed by atoms with Crippen LogP contribution >= 0.6 is 11.6 Å². The van der Waals surface area contributed by atoms with Gasteiger partial charge in [-0.15, -0.1) is 11.6 Å². The molecule has 0 spiro atoms. The predicted octanol–water partition coefficient (Wildman–Crippen LogP) is 4.44. The fourth-order valence-corrected chi connectivity index (χ4v) is 3.23. The van der Waals surface area contributed by atoms with Gasteiger partial charge in [-0.25, -0.2) is 0 Å². The Kier molecular flexibility index (Phi) is 5.34. The van der Waals surface area contributed by atoms with Crippen molar-refractivity contribution in [1.29, 1.82) is 0 Å². The van der Waals surface area contributed by atoms with Crippen LogP contribution in [-0.4, -0.2) is 24.7 Å². The highest BCUT2D eigenvalue weighted by atomic mass is 35.5. The van der Waals surface area contributed by atoms with Crippen molar-refractivity contribution in [3.8, 4) is 5.75 Å². The minimum absolute atomic E-state index is 0.0337. The molecule has 0 amide bonds. The number of para-hydroxylation sites is 1. The first kappa shape index (κ1) is 15.7. The van der Waals surface area contributed by atoms with Crippen molar-refractivity contribution < 1.29 is 9.47 Å². The van der Waals surface area contributed by atoms with Crippen molar-refractivity contribution in [3.63, 3.8) is 0 Å². The van der Waals surface area contributed by atoms with Crippen LogP contribution in [-0.2, 0) is 11.2 Å². The van der Waals surface area contributed by atoms with Crippen LogP contribution in [0.5, 0.6) is 5.75 Å². The lowest BCUT2D eigenvalue weighted by Gasteiger charge is -2.23. The molecule has 1 aromatic carbocycles. The highest BCUT2D eigenvalue weighted by Gasteiger charge is 2.32. The third-order valence-corrected chi connectivity index (χ3v) is 4.51. The van der Waals surface area contributed by atoms with Gasteiger partial charge in [-0.3, -0.25) is 0 Å². The third kappa shape index (κ3) is 4.13. The van der Waals surface area contributed by atoms with Gasteiger partial charge in [-0.05, 0) is 57.1 Å². The quantitative estimate of drug-likeness (QED) is 0.723. The molecule has 0 radical (unpaired) electrons. The van der Waals surface area contributed by atoms with E-state index in [-0.39, 0.29) is 5.60 Å². The molecule has 20 heavy (non-hydrogen) atoms. The van der Waals surface area contributed by atoms with Crippen LogP contribution in [0.4, 0.5) is 0 Å². The molecule has 2 nitrogen and oxygen atoms in total. The predicted molar refractivity (Wildman–Crippen MR) is 83.7 cm³/mol. The van der Waals surface area contributed by atoms with Crippen molar-refractivity contribution in [3.05, 3.63) is 29.8 Å². The van der Waals surface area contributed by atoms with Crippen molar-refractivity contribution in [2.45, 2.75) is 51.2 Å². The molecule has 1 saturated heterocycles. The second-order valence-electron chi connectivity index (χ2n) is 6.31. The van der Waals surface area contributed by atoms with Crippen LogP contribution in [0.3, 0.4) is 0 Å². The monoisotopic (exact) mass is 296 g/mol. The van der Waals surface area contributed by atoms with E-state index in [0.717, 1.165) is 31.4 Å². The molecule has 2 unspecified atom stereocenters. The number of methoxy groups -OCH3 is 1. The van der Waals surface area contributed by atoms with Gasteiger partial charge in [0.15, 0.2) is 0 Å². The van der Waals surface area contributed by atoms with Gasteiger partial charge >= 0.3 is 0 Å². The van der Waals surface area contributed by atoms with Crippen LogP contribution in [0, 0.1) is 5.92 Å². The maximum atomic E-state index is 6.17. The molecule has 1 aliphatic heterocycles. The summed E-state index contributed by atoms with van der Waals surface area (Å²) < 4.78 is 11.5. The molecule has 1 aromatic rings. The number of hydrogen-bond acceptors (Lipinski definition) is 2. The average Bonchev–Trinajstić information content (AvgIpc) is 2.77. The van der Waals surface area contributed by atoms with E-state index in [1.165, 1.54) is 5.56 Å². The summed E-state index contributed by atoms with van der Waals surface area (Å²) in [4.78, 5) is 0. The van der Waals surface area contributed by atoms with Gasteiger partial charge in [-0.1, -0.05) is 18.2 Å². The zero-order valence-electron chi connectivity index (χ0n) is 12.7. The minimum atomic E-state index is 0.0337. The lowest BCUT2D eigenvalue weighted by Crippen LogP contribution is -2.22. The zero-order valence-corrected chi connectivity index (χ0v) is 13.5. The fraction of sp³-hybridized carbons (Fsp3) is 0.647.